The lowest BCUT2D eigenvalue weighted by molar-refractivity contribution is -0.384. The minimum Gasteiger partial charge on any atom is -0.292 e. The molecule has 0 unspecified atom stereocenters. The van der Waals surface area contributed by atoms with E-state index in [0.717, 1.165) is 5.69 Å². The lowest BCUT2D eigenvalue weighted by atomic mass is 10.2. The summed E-state index contributed by atoms with van der Waals surface area (Å²) in [6, 6.07) is 15.0. The van der Waals surface area contributed by atoms with Gasteiger partial charge >= 0.3 is 0 Å². The van der Waals surface area contributed by atoms with Crippen LogP contribution >= 0.6 is 0 Å². The smallest absolute Gasteiger partial charge is 0.269 e. The van der Waals surface area contributed by atoms with Gasteiger partial charge in [-0.15, -0.1) is 0 Å². The SMILES string of the molecule is CCC(=O)C(/C=N/Nc1ccccc1)=N/Nc1ccc([N+](=O)[O-])cc1. The van der Waals surface area contributed by atoms with Gasteiger partial charge in [0.25, 0.3) is 5.69 Å². The molecule has 2 aromatic carbocycles. The molecule has 0 bridgehead atoms. The standard InChI is InChI=1S/C17H17N5O3/c1-2-17(23)16(12-18-19-13-6-4-3-5-7-13)21-20-14-8-10-15(11-9-14)22(24)25/h3-12,19-20H,2H2,1H3/b18-12+,21-16+. The highest BCUT2D eigenvalue weighted by molar-refractivity contribution is 6.61. The van der Waals surface area contributed by atoms with Gasteiger partial charge < -0.3 is 0 Å². The van der Waals surface area contributed by atoms with Crippen molar-refractivity contribution in [1.29, 1.82) is 0 Å². The van der Waals surface area contributed by atoms with Crippen LogP contribution in [0.25, 0.3) is 0 Å². The lowest BCUT2D eigenvalue weighted by Crippen LogP contribution is -2.17. The number of hydrazone groups is 2. The Labute approximate surface area is 144 Å². The number of hydrogen-bond acceptors (Lipinski definition) is 7. The van der Waals surface area contributed by atoms with E-state index in [1.807, 2.05) is 30.3 Å². The molecule has 0 saturated heterocycles. The van der Waals surface area contributed by atoms with Crippen LogP contribution in [0.3, 0.4) is 0 Å². The van der Waals surface area contributed by atoms with Crippen LogP contribution in [-0.4, -0.2) is 22.6 Å². The minimum atomic E-state index is -0.485. The summed E-state index contributed by atoms with van der Waals surface area (Å²) in [5.41, 5.74) is 6.94. The summed E-state index contributed by atoms with van der Waals surface area (Å²) < 4.78 is 0. The monoisotopic (exact) mass is 339 g/mol. The average Bonchev–Trinajstić information content (AvgIpc) is 2.65. The molecule has 0 saturated carbocycles. The highest BCUT2D eigenvalue weighted by atomic mass is 16.6. The third kappa shape index (κ3) is 5.54. The molecular weight excluding hydrogens is 322 g/mol. The second-order valence-corrected chi connectivity index (χ2v) is 4.93. The van der Waals surface area contributed by atoms with Crippen LogP contribution in [0.15, 0.2) is 64.8 Å². The number of para-hydroxylation sites is 1. The molecule has 0 atom stereocenters. The van der Waals surface area contributed by atoms with Crippen LogP contribution in [-0.2, 0) is 4.79 Å². The number of nitro benzene ring substituents is 1. The summed E-state index contributed by atoms with van der Waals surface area (Å²) in [6.07, 6.45) is 1.61. The topological polar surface area (TPSA) is 109 Å². The number of nitrogens with one attached hydrogen (secondary N) is 2. The second-order valence-electron chi connectivity index (χ2n) is 4.93. The number of Topliss-reactive ketones (excluding diaryl/α,β-unsaturated/α-hetero) is 1. The number of carbonyl (C=O) groups excluding carboxylic acids is 1. The van der Waals surface area contributed by atoms with E-state index in [-0.39, 0.29) is 23.6 Å². The summed E-state index contributed by atoms with van der Waals surface area (Å²) in [4.78, 5) is 22.1. The molecule has 25 heavy (non-hydrogen) atoms. The van der Waals surface area contributed by atoms with Gasteiger partial charge in [0.1, 0.15) is 5.71 Å². The average molecular weight is 339 g/mol. The van der Waals surface area contributed by atoms with Crippen molar-refractivity contribution in [3.63, 3.8) is 0 Å². The van der Waals surface area contributed by atoms with Gasteiger partial charge in [0.05, 0.1) is 22.5 Å². The number of non-ortho nitro benzene ring substituents is 1. The Bertz CT molecular complexity index is 786. The number of nitro groups is 1. The van der Waals surface area contributed by atoms with Crippen molar-refractivity contribution < 1.29 is 9.72 Å². The van der Waals surface area contributed by atoms with Gasteiger partial charge in [-0.25, -0.2) is 0 Å². The Kier molecular flexibility index (Phi) is 6.35. The number of carbonyl (C=O) groups is 1. The van der Waals surface area contributed by atoms with Crippen LogP contribution < -0.4 is 10.9 Å². The zero-order valence-corrected chi connectivity index (χ0v) is 13.5. The van der Waals surface area contributed by atoms with Crippen molar-refractivity contribution in [2.75, 3.05) is 10.9 Å². The number of anilines is 2. The normalized spacial score (nSPS) is 11.3. The Hall–Kier alpha value is -3.55. The number of hydrogen-bond donors (Lipinski definition) is 2. The van der Waals surface area contributed by atoms with Crippen LogP contribution in [0, 0.1) is 10.1 Å². The zero-order valence-electron chi connectivity index (χ0n) is 13.5. The Morgan fingerprint density at radius 1 is 1.08 bits per heavy atom. The molecule has 8 nitrogen and oxygen atoms in total. The van der Waals surface area contributed by atoms with E-state index < -0.39 is 4.92 Å². The molecule has 128 valence electrons. The van der Waals surface area contributed by atoms with Gasteiger partial charge in [0, 0.05) is 18.6 Å². The third-order valence-corrected chi connectivity index (χ3v) is 3.14. The summed E-state index contributed by atoms with van der Waals surface area (Å²) in [5, 5.41) is 18.7. The minimum absolute atomic E-state index is 0.0204. The largest absolute Gasteiger partial charge is 0.292 e. The maximum absolute atomic E-state index is 11.9. The van der Waals surface area contributed by atoms with E-state index >= 15 is 0 Å². The van der Waals surface area contributed by atoms with Gasteiger partial charge in [-0.05, 0) is 24.3 Å². The van der Waals surface area contributed by atoms with Crippen LogP contribution in [0.2, 0.25) is 0 Å². The predicted molar refractivity (Wildman–Crippen MR) is 98.0 cm³/mol. The Morgan fingerprint density at radius 2 is 1.72 bits per heavy atom. The fourth-order valence-electron chi connectivity index (χ4n) is 1.81. The Balaban J connectivity index is 2.06. The molecule has 0 aliphatic heterocycles. The summed E-state index contributed by atoms with van der Waals surface area (Å²) in [6.45, 7) is 1.72. The number of nitrogens with zero attached hydrogens (tertiary/aromatic N) is 3. The van der Waals surface area contributed by atoms with Crippen LogP contribution in [0.1, 0.15) is 13.3 Å². The lowest BCUT2D eigenvalue weighted by Gasteiger charge is -2.03. The van der Waals surface area contributed by atoms with E-state index in [1.165, 1.54) is 30.5 Å². The van der Waals surface area contributed by atoms with Gasteiger partial charge in [-0.3, -0.25) is 25.8 Å². The zero-order chi connectivity index (χ0) is 18.1. The molecule has 2 aromatic rings. The first-order chi connectivity index (χ1) is 12.1. The number of benzene rings is 2. The predicted octanol–water partition coefficient (Wildman–Crippen LogP) is 3.44. The fourth-order valence-corrected chi connectivity index (χ4v) is 1.81. The van der Waals surface area contributed by atoms with E-state index in [4.69, 9.17) is 0 Å². The van der Waals surface area contributed by atoms with Crippen LogP contribution in [0.4, 0.5) is 17.1 Å². The van der Waals surface area contributed by atoms with E-state index in [0.29, 0.717) is 5.69 Å². The highest BCUT2D eigenvalue weighted by Gasteiger charge is 2.07. The summed E-state index contributed by atoms with van der Waals surface area (Å²) in [7, 11) is 0. The molecule has 8 heteroatoms. The first kappa shape index (κ1) is 17.8. The van der Waals surface area contributed by atoms with Crippen LogP contribution in [0.5, 0.6) is 0 Å². The molecule has 0 aromatic heterocycles. The molecule has 0 fully saturated rings. The summed E-state index contributed by atoms with van der Waals surface area (Å²) >= 11 is 0. The maximum atomic E-state index is 11.9. The molecule has 0 spiro atoms. The van der Waals surface area contributed by atoms with E-state index in [1.54, 1.807) is 6.92 Å². The second kappa shape index (κ2) is 8.92. The Morgan fingerprint density at radius 3 is 2.32 bits per heavy atom. The van der Waals surface area contributed by atoms with Gasteiger partial charge in [0.15, 0.2) is 5.78 Å². The maximum Gasteiger partial charge on any atom is 0.269 e. The van der Waals surface area contributed by atoms with Crippen molar-refractivity contribution in [3.05, 3.63) is 64.7 Å². The molecule has 0 amide bonds. The quantitative estimate of drug-likeness (QED) is 0.435. The van der Waals surface area contributed by atoms with Crippen molar-refractivity contribution >= 4 is 34.8 Å². The molecule has 0 aliphatic carbocycles. The molecule has 0 aliphatic rings. The van der Waals surface area contributed by atoms with E-state index in [2.05, 4.69) is 21.1 Å². The van der Waals surface area contributed by atoms with Crippen molar-refractivity contribution in [2.24, 2.45) is 10.2 Å². The van der Waals surface area contributed by atoms with Crippen molar-refractivity contribution in [1.82, 2.24) is 0 Å². The number of ketones is 1. The van der Waals surface area contributed by atoms with Gasteiger partial charge in [-0.1, -0.05) is 25.1 Å². The highest BCUT2D eigenvalue weighted by Crippen LogP contribution is 2.15. The number of rotatable bonds is 8. The van der Waals surface area contributed by atoms with Crippen molar-refractivity contribution in [3.8, 4) is 0 Å². The molecule has 2 N–H and O–H groups in total. The molecule has 0 heterocycles. The molecule has 2 rings (SSSR count). The molecule has 0 radical (unpaired) electrons. The first-order valence-corrected chi connectivity index (χ1v) is 7.55. The van der Waals surface area contributed by atoms with E-state index in [9.17, 15) is 14.9 Å². The van der Waals surface area contributed by atoms with Gasteiger partial charge in [-0.2, -0.15) is 10.2 Å². The van der Waals surface area contributed by atoms with Gasteiger partial charge in [0.2, 0.25) is 0 Å². The van der Waals surface area contributed by atoms with Crippen molar-refractivity contribution in [2.45, 2.75) is 13.3 Å². The first-order valence-electron chi connectivity index (χ1n) is 7.55. The fraction of sp³-hybridized carbons (Fsp3) is 0.118. The third-order valence-electron chi connectivity index (χ3n) is 3.14. The molecular formula is C17H17N5O3. The summed E-state index contributed by atoms with van der Waals surface area (Å²) in [5.74, 6) is -0.187.